The van der Waals surface area contributed by atoms with Crippen molar-refractivity contribution in [1.29, 1.82) is 0 Å². The highest BCUT2D eigenvalue weighted by Gasteiger charge is 2.22. The summed E-state index contributed by atoms with van der Waals surface area (Å²) in [4.78, 5) is 24.9. The van der Waals surface area contributed by atoms with E-state index in [1.165, 1.54) is 17.0 Å². The van der Waals surface area contributed by atoms with Crippen LogP contribution in [-0.2, 0) is 19.4 Å². The molecule has 0 aliphatic heterocycles. The minimum atomic E-state index is -0.0852. The maximum atomic E-state index is 12.7. The molecule has 0 aromatic carbocycles. The number of fused-ring (bicyclic) bond motifs is 1. The van der Waals surface area contributed by atoms with E-state index >= 15 is 0 Å². The van der Waals surface area contributed by atoms with Crippen LogP contribution in [0.15, 0.2) is 18.2 Å². The van der Waals surface area contributed by atoms with Gasteiger partial charge in [0.25, 0.3) is 5.91 Å². The van der Waals surface area contributed by atoms with Gasteiger partial charge in [0, 0.05) is 17.5 Å². The first-order valence-corrected chi connectivity index (χ1v) is 9.20. The Bertz CT molecular complexity index is 729. The minimum Gasteiger partial charge on any atom is -0.481 e. The van der Waals surface area contributed by atoms with Crippen LogP contribution in [0.5, 0.6) is 5.88 Å². The van der Waals surface area contributed by atoms with Crippen LogP contribution in [0.2, 0.25) is 0 Å². The molecule has 6 heteroatoms. The van der Waals surface area contributed by atoms with Crippen molar-refractivity contribution in [3.8, 4) is 5.88 Å². The number of carbonyl (C=O) groups excluding carboxylic acids is 1. The molecule has 0 saturated heterocycles. The molecule has 128 valence electrons. The Kier molecular flexibility index (Phi) is 5.14. The van der Waals surface area contributed by atoms with Gasteiger partial charge < -0.3 is 9.64 Å². The molecule has 2 aromatic heterocycles. The van der Waals surface area contributed by atoms with E-state index in [1.807, 2.05) is 6.92 Å². The third-order valence-corrected chi connectivity index (χ3v) is 5.48. The van der Waals surface area contributed by atoms with E-state index in [9.17, 15) is 4.79 Å². The first-order valence-electron chi connectivity index (χ1n) is 8.38. The second-order valence-corrected chi connectivity index (χ2v) is 7.38. The molecule has 5 nitrogen and oxygen atoms in total. The van der Waals surface area contributed by atoms with Crippen LogP contribution in [0, 0.1) is 5.92 Å². The van der Waals surface area contributed by atoms with Crippen LogP contribution in [0.3, 0.4) is 0 Å². The van der Waals surface area contributed by atoms with Crippen molar-refractivity contribution in [3.05, 3.63) is 39.5 Å². The third kappa shape index (κ3) is 3.59. The van der Waals surface area contributed by atoms with Gasteiger partial charge >= 0.3 is 0 Å². The lowest BCUT2D eigenvalue weighted by Gasteiger charge is -2.19. The highest BCUT2D eigenvalue weighted by atomic mass is 32.1. The molecule has 1 amide bonds. The smallest absolute Gasteiger partial charge is 0.272 e. The third-order valence-electron chi connectivity index (χ3n) is 4.38. The predicted molar refractivity (Wildman–Crippen MR) is 94.5 cm³/mol. The molecular formula is C18H23N3O2S. The van der Waals surface area contributed by atoms with Crippen molar-refractivity contribution in [2.75, 3.05) is 13.7 Å². The zero-order valence-corrected chi connectivity index (χ0v) is 15.2. The van der Waals surface area contributed by atoms with Gasteiger partial charge in [0.2, 0.25) is 5.88 Å². The molecule has 3 rings (SSSR count). The molecule has 1 aliphatic carbocycles. The fraction of sp³-hybridized carbons (Fsp3) is 0.500. The van der Waals surface area contributed by atoms with Gasteiger partial charge in [0.05, 0.1) is 19.3 Å². The number of amides is 1. The van der Waals surface area contributed by atoms with Crippen molar-refractivity contribution < 1.29 is 9.53 Å². The Morgan fingerprint density at radius 2 is 2.25 bits per heavy atom. The summed E-state index contributed by atoms with van der Waals surface area (Å²) in [5.74, 6) is 1.10. The number of rotatable bonds is 5. The average Bonchev–Trinajstić information content (AvgIpc) is 3.00. The summed E-state index contributed by atoms with van der Waals surface area (Å²) in [6.07, 6.45) is 3.38. The Hall–Kier alpha value is -1.95. The number of thiazole rings is 1. The van der Waals surface area contributed by atoms with E-state index in [4.69, 9.17) is 9.72 Å². The van der Waals surface area contributed by atoms with Gasteiger partial charge in [0.1, 0.15) is 10.7 Å². The molecule has 24 heavy (non-hydrogen) atoms. The predicted octanol–water partition coefficient (Wildman–Crippen LogP) is 3.33. The Morgan fingerprint density at radius 1 is 1.42 bits per heavy atom. The monoisotopic (exact) mass is 345 g/mol. The van der Waals surface area contributed by atoms with Crippen LogP contribution in [-0.4, -0.2) is 34.4 Å². The van der Waals surface area contributed by atoms with Gasteiger partial charge in [0.15, 0.2) is 0 Å². The highest BCUT2D eigenvalue weighted by Crippen LogP contribution is 2.30. The molecule has 0 spiro atoms. The lowest BCUT2D eigenvalue weighted by Crippen LogP contribution is -2.31. The van der Waals surface area contributed by atoms with Gasteiger partial charge in [-0.25, -0.2) is 9.97 Å². The summed E-state index contributed by atoms with van der Waals surface area (Å²) in [6.45, 7) is 5.44. The summed E-state index contributed by atoms with van der Waals surface area (Å²) in [6, 6.07) is 5.25. The van der Waals surface area contributed by atoms with E-state index < -0.39 is 0 Å². The standard InChI is InChI=1S/C18H23N3O2S/c1-4-21(18(22)14-6-5-7-16(19-14)23-3)11-17-20-13-9-8-12(2)10-15(13)24-17/h5-7,12H,4,8-11H2,1-3H3. The zero-order chi connectivity index (χ0) is 17.1. The van der Waals surface area contributed by atoms with Crippen LogP contribution in [0.4, 0.5) is 0 Å². The number of carbonyl (C=O) groups is 1. The van der Waals surface area contributed by atoms with Gasteiger partial charge in [-0.2, -0.15) is 0 Å². The van der Waals surface area contributed by atoms with Crippen molar-refractivity contribution in [1.82, 2.24) is 14.9 Å². The summed E-state index contributed by atoms with van der Waals surface area (Å²) in [7, 11) is 1.55. The molecule has 0 saturated carbocycles. The maximum Gasteiger partial charge on any atom is 0.272 e. The highest BCUT2D eigenvalue weighted by molar-refractivity contribution is 7.11. The maximum absolute atomic E-state index is 12.7. The molecule has 1 unspecified atom stereocenters. The molecule has 0 radical (unpaired) electrons. The number of hydrogen-bond acceptors (Lipinski definition) is 5. The topological polar surface area (TPSA) is 55.3 Å². The molecule has 1 atom stereocenters. The largest absolute Gasteiger partial charge is 0.481 e. The molecule has 2 heterocycles. The average molecular weight is 345 g/mol. The number of pyridine rings is 1. The first kappa shape index (κ1) is 16.9. The summed E-state index contributed by atoms with van der Waals surface area (Å²) >= 11 is 1.75. The van der Waals surface area contributed by atoms with Crippen LogP contribution in [0.1, 0.15) is 46.3 Å². The van der Waals surface area contributed by atoms with E-state index in [2.05, 4.69) is 11.9 Å². The van der Waals surface area contributed by atoms with Gasteiger partial charge in [-0.3, -0.25) is 4.79 Å². The van der Waals surface area contributed by atoms with Crippen molar-refractivity contribution in [3.63, 3.8) is 0 Å². The van der Waals surface area contributed by atoms with Gasteiger partial charge in [-0.1, -0.05) is 13.0 Å². The summed E-state index contributed by atoms with van der Waals surface area (Å²) in [5.41, 5.74) is 1.64. The second kappa shape index (κ2) is 7.30. The molecule has 0 N–H and O–H groups in total. The number of aromatic nitrogens is 2. The van der Waals surface area contributed by atoms with E-state index in [1.54, 1.807) is 41.5 Å². The number of aryl methyl sites for hydroxylation is 1. The fourth-order valence-corrected chi connectivity index (χ4v) is 4.26. The first-order chi connectivity index (χ1) is 11.6. The number of methoxy groups -OCH3 is 1. The van der Waals surface area contributed by atoms with Crippen LogP contribution in [0.25, 0.3) is 0 Å². The lowest BCUT2D eigenvalue weighted by atomic mass is 9.93. The zero-order valence-electron chi connectivity index (χ0n) is 14.4. The molecule has 0 bridgehead atoms. The van der Waals surface area contributed by atoms with E-state index in [0.29, 0.717) is 24.7 Å². The number of ether oxygens (including phenoxy) is 1. The normalized spacial score (nSPS) is 16.5. The van der Waals surface area contributed by atoms with Gasteiger partial charge in [-0.15, -0.1) is 11.3 Å². The molecule has 2 aromatic rings. The van der Waals surface area contributed by atoms with Crippen molar-refractivity contribution in [2.45, 2.75) is 39.7 Å². The summed E-state index contributed by atoms with van der Waals surface area (Å²) < 4.78 is 5.11. The number of nitrogens with zero attached hydrogens (tertiary/aromatic N) is 3. The quantitative estimate of drug-likeness (QED) is 0.834. The Balaban J connectivity index is 1.75. The van der Waals surface area contributed by atoms with Crippen LogP contribution >= 0.6 is 11.3 Å². The van der Waals surface area contributed by atoms with Crippen molar-refractivity contribution >= 4 is 17.2 Å². The fourth-order valence-electron chi connectivity index (χ4n) is 2.96. The lowest BCUT2D eigenvalue weighted by molar-refractivity contribution is 0.0745. The van der Waals surface area contributed by atoms with E-state index in [-0.39, 0.29) is 5.91 Å². The Labute approximate surface area is 146 Å². The molecule has 1 aliphatic rings. The van der Waals surface area contributed by atoms with E-state index in [0.717, 1.165) is 23.8 Å². The molecular weight excluding hydrogens is 322 g/mol. The Morgan fingerprint density at radius 3 is 3.00 bits per heavy atom. The van der Waals surface area contributed by atoms with Crippen molar-refractivity contribution in [2.24, 2.45) is 5.92 Å². The van der Waals surface area contributed by atoms with Crippen LogP contribution < -0.4 is 4.74 Å². The summed E-state index contributed by atoms with van der Waals surface area (Å²) in [5, 5.41) is 1.02. The molecule has 0 fully saturated rings. The SMILES string of the molecule is CCN(Cc1nc2c(s1)CC(C)CC2)C(=O)c1cccc(OC)n1. The number of hydrogen-bond donors (Lipinski definition) is 0. The minimum absolute atomic E-state index is 0.0852. The van der Waals surface area contributed by atoms with Gasteiger partial charge in [-0.05, 0) is 38.2 Å². The second-order valence-electron chi connectivity index (χ2n) is 6.21.